The summed E-state index contributed by atoms with van der Waals surface area (Å²) in [6.45, 7) is 7.30. The molecule has 0 spiro atoms. The summed E-state index contributed by atoms with van der Waals surface area (Å²) in [6, 6.07) is 21.8. The van der Waals surface area contributed by atoms with Crippen molar-refractivity contribution in [1.82, 2.24) is 10.0 Å². The first-order valence-corrected chi connectivity index (χ1v) is 13.2. The summed E-state index contributed by atoms with van der Waals surface area (Å²) in [5.41, 5.74) is 3.33. The van der Waals surface area contributed by atoms with E-state index in [1.165, 1.54) is 17.7 Å². The third-order valence-electron chi connectivity index (χ3n) is 4.72. The van der Waals surface area contributed by atoms with E-state index in [2.05, 4.69) is 43.1 Å². The molecule has 7 nitrogen and oxygen atoms in total. The molecule has 2 N–H and O–H groups in total. The lowest BCUT2D eigenvalue weighted by Crippen LogP contribution is -2.45. The van der Waals surface area contributed by atoms with Gasteiger partial charge in [-0.05, 0) is 62.6 Å². The van der Waals surface area contributed by atoms with Crippen LogP contribution in [0, 0.1) is 6.92 Å². The van der Waals surface area contributed by atoms with Gasteiger partial charge in [-0.2, -0.15) is 0 Å². The number of nitrogens with one attached hydrogen (secondary N) is 2. The number of sulfonamides is 1. The van der Waals surface area contributed by atoms with E-state index in [1.807, 2.05) is 37.3 Å². The Kier molecular flexibility index (Phi) is 8.34. The molecule has 0 aliphatic carbocycles. The largest absolute Gasteiger partial charge is 0.444 e. The Balaban J connectivity index is 1.84. The lowest BCUT2D eigenvalue weighted by Gasteiger charge is -2.20. The fourth-order valence-electron chi connectivity index (χ4n) is 3.08. The normalized spacial score (nSPS) is 12.2. The summed E-state index contributed by atoms with van der Waals surface area (Å²) >= 11 is 3.61. The van der Waals surface area contributed by atoms with Gasteiger partial charge in [0.2, 0.25) is 5.96 Å². The molecule has 3 aromatic carbocycles. The fraction of sp³-hybridized carbons (Fsp3) is 0.231. The van der Waals surface area contributed by atoms with Crippen LogP contribution >= 0.6 is 15.9 Å². The van der Waals surface area contributed by atoms with Crippen LogP contribution in [0.2, 0.25) is 0 Å². The number of ether oxygens (including phenoxy) is 1. The standard InChI is InChI=1S/C26H28BrN3O4S/c1-18-10-13-20(14-11-18)22-15-12-19(16-23(22)27)17-28-24(29-25(31)34-26(2,3)4)30-35(32,33)21-8-6-5-7-9-21/h5-16H,17H2,1-4H3,(H2,28,29,30,31). The summed E-state index contributed by atoms with van der Waals surface area (Å²) in [7, 11) is -3.97. The lowest BCUT2D eigenvalue weighted by atomic mass is 10.0. The van der Waals surface area contributed by atoms with Crippen molar-refractivity contribution in [2.75, 3.05) is 0 Å². The molecule has 3 rings (SSSR count). The van der Waals surface area contributed by atoms with Crippen LogP contribution in [0.15, 0.2) is 87.2 Å². The predicted octanol–water partition coefficient (Wildman–Crippen LogP) is 5.78. The maximum atomic E-state index is 12.8. The summed E-state index contributed by atoms with van der Waals surface area (Å²) in [6.07, 6.45) is -0.817. The predicted molar refractivity (Wildman–Crippen MR) is 142 cm³/mol. The molecule has 0 aliphatic rings. The SMILES string of the molecule is Cc1ccc(-c2ccc(CN=C(NC(=O)OC(C)(C)C)NS(=O)(=O)c3ccccc3)cc2Br)cc1. The molecule has 35 heavy (non-hydrogen) atoms. The number of guanidine groups is 1. The van der Waals surface area contributed by atoms with Crippen molar-refractivity contribution in [3.63, 3.8) is 0 Å². The molecule has 1 amide bonds. The van der Waals surface area contributed by atoms with Gasteiger partial charge in [-0.15, -0.1) is 0 Å². The van der Waals surface area contributed by atoms with Crippen LogP contribution in [0.3, 0.4) is 0 Å². The highest BCUT2D eigenvalue weighted by atomic mass is 79.9. The van der Waals surface area contributed by atoms with Crippen molar-refractivity contribution in [2.45, 2.75) is 44.7 Å². The molecular formula is C26H28BrN3O4S. The van der Waals surface area contributed by atoms with Crippen LogP contribution in [-0.2, 0) is 21.3 Å². The van der Waals surface area contributed by atoms with Gasteiger partial charge in [0.1, 0.15) is 5.60 Å². The Morgan fingerprint density at radius 1 is 1.00 bits per heavy atom. The van der Waals surface area contributed by atoms with Gasteiger partial charge in [-0.25, -0.2) is 22.9 Å². The van der Waals surface area contributed by atoms with E-state index in [0.29, 0.717) is 0 Å². The number of halogens is 1. The highest BCUT2D eigenvalue weighted by Crippen LogP contribution is 2.29. The van der Waals surface area contributed by atoms with Crippen LogP contribution in [0.1, 0.15) is 31.9 Å². The maximum absolute atomic E-state index is 12.8. The third kappa shape index (κ3) is 7.93. The van der Waals surface area contributed by atoms with Crippen molar-refractivity contribution in [3.8, 4) is 11.1 Å². The van der Waals surface area contributed by atoms with Gasteiger partial charge in [0.25, 0.3) is 10.0 Å². The Morgan fingerprint density at radius 3 is 2.26 bits per heavy atom. The number of carbonyl (C=O) groups excluding carboxylic acids is 1. The molecule has 0 bridgehead atoms. The van der Waals surface area contributed by atoms with E-state index in [4.69, 9.17) is 4.74 Å². The smallest absolute Gasteiger partial charge is 0.414 e. The van der Waals surface area contributed by atoms with Crippen LogP contribution in [0.25, 0.3) is 11.1 Å². The minimum atomic E-state index is -3.97. The number of benzene rings is 3. The highest BCUT2D eigenvalue weighted by Gasteiger charge is 2.21. The quantitative estimate of drug-likeness (QED) is 0.306. The van der Waals surface area contributed by atoms with Crippen LogP contribution in [-0.4, -0.2) is 26.1 Å². The zero-order valence-electron chi connectivity index (χ0n) is 20.0. The number of aryl methyl sites for hydroxylation is 1. The number of aliphatic imine (C=N–C) groups is 1. The monoisotopic (exact) mass is 557 g/mol. The van der Waals surface area contributed by atoms with Crippen LogP contribution < -0.4 is 10.0 Å². The molecule has 0 aliphatic heterocycles. The second kappa shape index (κ2) is 11.0. The Hall–Kier alpha value is -3.17. The van der Waals surface area contributed by atoms with Gasteiger partial charge in [-0.1, -0.05) is 76.1 Å². The second-order valence-electron chi connectivity index (χ2n) is 8.89. The average Bonchev–Trinajstić information content (AvgIpc) is 2.77. The van der Waals surface area contributed by atoms with Crippen LogP contribution in [0.5, 0.6) is 0 Å². The number of hydrogen-bond acceptors (Lipinski definition) is 5. The van der Waals surface area contributed by atoms with E-state index in [9.17, 15) is 13.2 Å². The molecule has 0 saturated carbocycles. The van der Waals surface area contributed by atoms with E-state index in [1.54, 1.807) is 39.0 Å². The number of amides is 1. The number of rotatable bonds is 5. The van der Waals surface area contributed by atoms with Crippen molar-refractivity contribution in [2.24, 2.45) is 4.99 Å². The van der Waals surface area contributed by atoms with Crippen molar-refractivity contribution in [1.29, 1.82) is 0 Å². The maximum Gasteiger partial charge on any atom is 0.414 e. The summed E-state index contributed by atoms with van der Waals surface area (Å²) in [4.78, 5) is 16.7. The molecular weight excluding hydrogens is 530 g/mol. The molecule has 0 atom stereocenters. The zero-order chi connectivity index (χ0) is 25.6. The first-order chi connectivity index (χ1) is 16.4. The van der Waals surface area contributed by atoms with Crippen molar-refractivity contribution in [3.05, 3.63) is 88.4 Å². The van der Waals surface area contributed by atoms with E-state index in [0.717, 1.165) is 21.2 Å². The van der Waals surface area contributed by atoms with Gasteiger partial charge in [-0.3, -0.25) is 5.32 Å². The number of hydrogen-bond donors (Lipinski definition) is 2. The number of nitrogens with zero attached hydrogens (tertiary/aromatic N) is 1. The molecule has 184 valence electrons. The molecule has 0 radical (unpaired) electrons. The Labute approximate surface area is 214 Å². The fourth-order valence-corrected chi connectivity index (χ4v) is 4.74. The molecule has 0 aromatic heterocycles. The van der Waals surface area contributed by atoms with Gasteiger partial charge in [0.05, 0.1) is 11.4 Å². The van der Waals surface area contributed by atoms with Gasteiger partial charge < -0.3 is 4.74 Å². The first-order valence-electron chi connectivity index (χ1n) is 10.9. The number of carbonyl (C=O) groups is 1. The molecule has 0 fully saturated rings. The Morgan fingerprint density at radius 2 is 1.66 bits per heavy atom. The van der Waals surface area contributed by atoms with E-state index in [-0.39, 0.29) is 17.4 Å². The molecule has 0 saturated heterocycles. The third-order valence-corrected chi connectivity index (χ3v) is 6.73. The summed E-state index contributed by atoms with van der Waals surface area (Å²) < 4.78 is 34.1. The highest BCUT2D eigenvalue weighted by molar-refractivity contribution is 9.10. The summed E-state index contributed by atoms with van der Waals surface area (Å²) in [5, 5.41) is 2.41. The minimum Gasteiger partial charge on any atom is -0.444 e. The molecule has 9 heteroatoms. The number of alkyl carbamates (subject to hydrolysis) is 1. The second-order valence-corrected chi connectivity index (χ2v) is 11.4. The zero-order valence-corrected chi connectivity index (χ0v) is 22.4. The van der Waals surface area contributed by atoms with Crippen molar-refractivity contribution >= 4 is 38.0 Å². The van der Waals surface area contributed by atoms with Crippen LogP contribution in [0.4, 0.5) is 4.79 Å². The summed E-state index contributed by atoms with van der Waals surface area (Å²) in [5.74, 6) is -0.234. The topological polar surface area (TPSA) is 96.9 Å². The van der Waals surface area contributed by atoms with E-state index < -0.39 is 21.7 Å². The first kappa shape index (κ1) is 26.4. The molecule has 0 unspecified atom stereocenters. The van der Waals surface area contributed by atoms with E-state index >= 15 is 0 Å². The van der Waals surface area contributed by atoms with Crippen molar-refractivity contribution < 1.29 is 17.9 Å². The molecule has 3 aromatic rings. The Bertz CT molecular complexity index is 1320. The minimum absolute atomic E-state index is 0.0453. The average molecular weight is 558 g/mol. The molecule has 0 heterocycles. The van der Waals surface area contributed by atoms with Gasteiger partial charge >= 0.3 is 6.09 Å². The lowest BCUT2D eigenvalue weighted by molar-refractivity contribution is 0.0562. The van der Waals surface area contributed by atoms with Gasteiger partial charge in [0, 0.05) is 4.47 Å². The van der Waals surface area contributed by atoms with Gasteiger partial charge in [0.15, 0.2) is 0 Å².